The standard InChI is InChI=1S/C17H18O2/c1-17(2,3)7-6-12-4-5-13-9-15-16(19-11-18-15)10-14(13)8-12/h4-10H,11H2,1-3H3/b7-6+. The molecule has 0 bridgehead atoms. The van der Waals surface area contributed by atoms with E-state index in [1.54, 1.807) is 0 Å². The third-order valence-corrected chi connectivity index (χ3v) is 3.13. The van der Waals surface area contributed by atoms with Gasteiger partial charge in [-0.1, -0.05) is 45.1 Å². The summed E-state index contributed by atoms with van der Waals surface area (Å²) < 4.78 is 10.8. The van der Waals surface area contributed by atoms with Crippen molar-refractivity contribution in [1.82, 2.24) is 0 Å². The van der Waals surface area contributed by atoms with Gasteiger partial charge in [0.05, 0.1) is 0 Å². The summed E-state index contributed by atoms with van der Waals surface area (Å²) in [5.74, 6) is 1.68. The molecule has 2 aromatic rings. The maximum Gasteiger partial charge on any atom is 0.231 e. The predicted octanol–water partition coefficient (Wildman–Crippen LogP) is 4.63. The lowest BCUT2D eigenvalue weighted by atomic mass is 9.95. The third kappa shape index (κ3) is 2.58. The minimum atomic E-state index is 0.198. The molecule has 0 amide bonds. The van der Waals surface area contributed by atoms with Crippen LogP contribution in [0.2, 0.25) is 0 Å². The molecular weight excluding hydrogens is 236 g/mol. The molecule has 1 heterocycles. The molecule has 2 heteroatoms. The number of ether oxygens (including phenoxy) is 2. The van der Waals surface area contributed by atoms with Crippen molar-refractivity contribution < 1.29 is 9.47 Å². The first kappa shape index (κ1) is 12.1. The summed E-state index contributed by atoms with van der Waals surface area (Å²) in [6, 6.07) is 10.5. The Balaban J connectivity index is 2.01. The first-order valence-electron chi connectivity index (χ1n) is 6.54. The molecule has 0 unspecified atom stereocenters. The second-order valence-electron chi connectivity index (χ2n) is 6.01. The Morgan fingerprint density at radius 2 is 1.63 bits per heavy atom. The van der Waals surface area contributed by atoms with Crippen LogP contribution < -0.4 is 9.47 Å². The van der Waals surface area contributed by atoms with Crippen molar-refractivity contribution in [3.8, 4) is 11.5 Å². The van der Waals surface area contributed by atoms with Crippen LogP contribution in [-0.4, -0.2) is 6.79 Å². The summed E-state index contributed by atoms with van der Waals surface area (Å²) in [6.45, 7) is 6.91. The molecule has 0 fully saturated rings. The minimum Gasteiger partial charge on any atom is -0.454 e. The zero-order valence-corrected chi connectivity index (χ0v) is 11.6. The smallest absolute Gasteiger partial charge is 0.231 e. The summed E-state index contributed by atoms with van der Waals surface area (Å²) in [6.07, 6.45) is 4.39. The normalized spacial score (nSPS) is 14.5. The van der Waals surface area contributed by atoms with Crippen LogP contribution in [0.4, 0.5) is 0 Å². The van der Waals surface area contributed by atoms with E-state index in [2.05, 4.69) is 51.1 Å². The summed E-state index contributed by atoms with van der Waals surface area (Å²) in [5.41, 5.74) is 1.41. The number of hydrogen-bond acceptors (Lipinski definition) is 2. The minimum absolute atomic E-state index is 0.198. The van der Waals surface area contributed by atoms with E-state index in [1.165, 1.54) is 16.3 Å². The fourth-order valence-corrected chi connectivity index (χ4v) is 2.11. The van der Waals surface area contributed by atoms with E-state index < -0.39 is 0 Å². The van der Waals surface area contributed by atoms with Gasteiger partial charge in [-0.15, -0.1) is 0 Å². The molecule has 0 atom stereocenters. The van der Waals surface area contributed by atoms with Gasteiger partial charge >= 0.3 is 0 Å². The van der Waals surface area contributed by atoms with Crippen LogP contribution in [0.3, 0.4) is 0 Å². The molecule has 3 rings (SSSR count). The van der Waals surface area contributed by atoms with Crippen LogP contribution in [0.25, 0.3) is 16.8 Å². The fraction of sp³-hybridized carbons (Fsp3) is 0.294. The highest BCUT2D eigenvalue weighted by molar-refractivity contribution is 5.88. The van der Waals surface area contributed by atoms with E-state index in [0.717, 1.165) is 11.5 Å². The average molecular weight is 254 g/mol. The Bertz CT molecular complexity index is 648. The van der Waals surface area contributed by atoms with Gasteiger partial charge in [-0.3, -0.25) is 0 Å². The van der Waals surface area contributed by atoms with Crippen LogP contribution >= 0.6 is 0 Å². The molecule has 0 spiro atoms. The summed E-state index contributed by atoms with van der Waals surface area (Å²) in [4.78, 5) is 0. The Labute approximate surface area is 113 Å². The summed E-state index contributed by atoms with van der Waals surface area (Å²) >= 11 is 0. The van der Waals surface area contributed by atoms with Gasteiger partial charge in [-0.2, -0.15) is 0 Å². The molecule has 0 N–H and O–H groups in total. The molecule has 2 aromatic carbocycles. The molecular formula is C17H18O2. The van der Waals surface area contributed by atoms with Crippen LogP contribution in [0.1, 0.15) is 26.3 Å². The molecule has 0 aliphatic carbocycles. The largest absolute Gasteiger partial charge is 0.454 e. The van der Waals surface area contributed by atoms with Crippen molar-refractivity contribution >= 4 is 16.8 Å². The third-order valence-electron chi connectivity index (χ3n) is 3.13. The van der Waals surface area contributed by atoms with Crippen LogP contribution in [0, 0.1) is 5.41 Å². The highest BCUT2D eigenvalue weighted by atomic mass is 16.7. The Morgan fingerprint density at radius 1 is 0.947 bits per heavy atom. The first-order valence-corrected chi connectivity index (χ1v) is 6.54. The topological polar surface area (TPSA) is 18.5 Å². The highest BCUT2D eigenvalue weighted by Crippen LogP contribution is 2.36. The van der Waals surface area contributed by atoms with Gasteiger partial charge in [0.2, 0.25) is 6.79 Å². The van der Waals surface area contributed by atoms with Gasteiger partial charge in [-0.25, -0.2) is 0 Å². The number of fused-ring (bicyclic) bond motifs is 2. The lowest BCUT2D eigenvalue weighted by Crippen LogP contribution is -1.97. The van der Waals surface area contributed by atoms with E-state index in [0.29, 0.717) is 6.79 Å². The van der Waals surface area contributed by atoms with Crippen molar-refractivity contribution in [2.45, 2.75) is 20.8 Å². The predicted molar refractivity (Wildman–Crippen MR) is 78.6 cm³/mol. The van der Waals surface area contributed by atoms with Crippen molar-refractivity contribution in [1.29, 1.82) is 0 Å². The van der Waals surface area contributed by atoms with Gasteiger partial charge in [0.1, 0.15) is 0 Å². The Hall–Kier alpha value is -1.96. The van der Waals surface area contributed by atoms with Gasteiger partial charge in [0.15, 0.2) is 11.5 Å². The second-order valence-corrected chi connectivity index (χ2v) is 6.01. The Morgan fingerprint density at radius 3 is 2.32 bits per heavy atom. The maximum atomic E-state index is 5.42. The number of rotatable bonds is 1. The zero-order valence-electron chi connectivity index (χ0n) is 11.6. The molecule has 0 radical (unpaired) electrons. The molecule has 98 valence electrons. The lowest BCUT2D eigenvalue weighted by Gasteiger charge is -2.11. The van der Waals surface area contributed by atoms with E-state index in [1.807, 2.05) is 12.1 Å². The molecule has 1 aliphatic rings. The van der Waals surface area contributed by atoms with E-state index in [4.69, 9.17) is 9.47 Å². The molecule has 1 aliphatic heterocycles. The van der Waals surface area contributed by atoms with E-state index in [-0.39, 0.29) is 5.41 Å². The number of benzene rings is 2. The second kappa shape index (κ2) is 4.30. The Kier molecular flexibility index (Phi) is 2.74. The number of hydrogen-bond donors (Lipinski definition) is 0. The van der Waals surface area contributed by atoms with Crippen molar-refractivity contribution in [2.75, 3.05) is 6.79 Å². The van der Waals surface area contributed by atoms with Gasteiger partial charge in [0.25, 0.3) is 0 Å². The van der Waals surface area contributed by atoms with E-state index >= 15 is 0 Å². The van der Waals surface area contributed by atoms with Crippen molar-refractivity contribution in [2.24, 2.45) is 5.41 Å². The quantitative estimate of drug-likeness (QED) is 0.738. The SMILES string of the molecule is CC(C)(C)/C=C/c1ccc2cc3c(cc2c1)OCO3. The lowest BCUT2D eigenvalue weighted by molar-refractivity contribution is 0.174. The maximum absolute atomic E-state index is 5.42. The number of allylic oxidation sites excluding steroid dienone is 1. The first-order chi connectivity index (χ1) is 9.01. The van der Waals surface area contributed by atoms with Gasteiger partial charge in [0, 0.05) is 0 Å². The zero-order chi connectivity index (χ0) is 13.5. The molecule has 19 heavy (non-hydrogen) atoms. The van der Waals surface area contributed by atoms with Crippen LogP contribution in [0.5, 0.6) is 11.5 Å². The van der Waals surface area contributed by atoms with Crippen molar-refractivity contribution in [3.63, 3.8) is 0 Å². The van der Waals surface area contributed by atoms with E-state index in [9.17, 15) is 0 Å². The summed E-state index contributed by atoms with van der Waals surface area (Å²) in [7, 11) is 0. The fourth-order valence-electron chi connectivity index (χ4n) is 2.11. The summed E-state index contributed by atoms with van der Waals surface area (Å²) in [5, 5.41) is 2.36. The highest BCUT2D eigenvalue weighted by Gasteiger charge is 2.13. The van der Waals surface area contributed by atoms with Crippen LogP contribution in [-0.2, 0) is 0 Å². The molecule has 0 saturated heterocycles. The van der Waals surface area contributed by atoms with Gasteiger partial charge < -0.3 is 9.47 Å². The monoisotopic (exact) mass is 254 g/mol. The van der Waals surface area contributed by atoms with Crippen molar-refractivity contribution in [3.05, 3.63) is 42.0 Å². The van der Waals surface area contributed by atoms with Crippen LogP contribution in [0.15, 0.2) is 36.4 Å². The van der Waals surface area contributed by atoms with Gasteiger partial charge in [-0.05, 0) is 39.9 Å². The molecule has 0 saturated carbocycles. The average Bonchev–Trinajstić information content (AvgIpc) is 2.79. The molecule has 2 nitrogen and oxygen atoms in total. The molecule has 0 aromatic heterocycles.